The molecule has 0 radical (unpaired) electrons. The molecule has 1 N–H and O–H groups in total. The maximum atomic E-state index is 12.8. The Morgan fingerprint density at radius 1 is 1.07 bits per heavy atom. The Kier molecular flexibility index (Phi) is 4.79. The second kappa shape index (κ2) is 7.24. The van der Waals surface area contributed by atoms with E-state index in [1.165, 1.54) is 0 Å². The third-order valence-corrected chi connectivity index (χ3v) is 6.64. The minimum absolute atomic E-state index is 0.349. The van der Waals surface area contributed by atoms with E-state index < -0.39 is 10.0 Å². The second-order valence-corrected chi connectivity index (χ2v) is 8.64. The van der Waals surface area contributed by atoms with Gasteiger partial charge in [0.05, 0.1) is 4.90 Å². The van der Waals surface area contributed by atoms with Crippen molar-refractivity contribution in [2.75, 3.05) is 18.4 Å². The fraction of sp³-hybridized carbons (Fsp3) is 0.389. The molecule has 0 saturated carbocycles. The topological polar surface area (TPSA) is 92.5 Å². The number of anilines is 1. The zero-order chi connectivity index (χ0) is 18.9. The molecule has 1 saturated heterocycles. The Morgan fingerprint density at radius 3 is 2.70 bits per heavy atom. The van der Waals surface area contributed by atoms with Gasteiger partial charge in [-0.05, 0) is 49.6 Å². The molecule has 27 heavy (non-hydrogen) atoms. The van der Waals surface area contributed by atoms with E-state index in [1.807, 2.05) is 25.1 Å². The number of nitrogens with one attached hydrogen (secondary N) is 1. The lowest BCUT2D eigenvalue weighted by Crippen LogP contribution is -2.35. The van der Waals surface area contributed by atoms with Crippen molar-refractivity contribution in [3.05, 3.63) is 47.8 Å². The SMILES string of the molecule is Cc1nnc2ccc(NCc3cccc(S(=O)(=O)N4CCCCC4)c3)nn12. The highest BCUT2D eigenvalue weighted by Gasteiger charge is 2.25. The Morgan fingerprint density at radius 2 is 1.89 bits per heavy atom. The first-order chi connectivity index (χ1) is 13.0. The van der Waals surface area contributed by atoms with Crippen molar-refractivity contribution < 1.29 is 8.42 Å². The van der Waals surface area contributed by atoms with Crippen LogP contribution in [0, 0.1) is 6.92 Å². The van der Waals surface area contributed by atoms with Crippen LogP contribution in [0.4, 0.5) is 5.82 Å². The molecule has 1 aromatic carbocycles. The summed E-state index contributed by atoms with van der Waals surface area (Å²) in [4.78, 5) is 0.349. The fourth-order valence-corrected chi connectivity index (χ4v) is 4.84. The summed E-state index contributed by atoms with van der Waals surface area (Å²) < 4.78 is 28.9. The lowest BCUT2D eigenvalue weighted by Gasteiger charge is -2.26. The number of hydrogen-bond acceptors (Lipinski definition) is 6. The number of benzene rings is 1. The molecule has 9 heteroatoms. The number of hydrogen-bond donors (Lipinski definition) is 1. The molecular formula is C18H22N6O2S. The van der Waals surface area contributed by atoms with E-state index in [1.54, 1.807) is 27.0 Å². The van der Waals surface area contributed by atoms with Crippen molar-refractivity contribution in [3.8, 4) is 0 Å². The van der Waals surface area contributed by atoms with Gasteiger partial charge in [-0.25, -0.2) is 8.42 Å². The predicted octanol–water partition coefficient (Wildman–Crippen LogP) is 2.22. The van der Waals surface area contributed by atoms with Crippen LogP contribution in [0.3, 0.4) is 0 Å². The quantitative estimate of drug-likeness (QED) is 0.723. The first kappa shape index (κ1) is 17.9. The molecule has 0 spiro atoms. The van der Waals surface area contributed by atoms with Gasteiger partial charge >= 0.3 is 0 Å². The van der Waals surface area contributed by atoms with E-state index in [0.29, 0.717) is 41.8 Å². The number of aryl methyl sites for hydroxylation is 1. The number of rotatable bonds is 5. The van der Waals surface area contributed by atoms with Crippen molar-refractivity contribution in [1.82, 2.24) is 24.1 Å². The Labute approximate surface area is 158 Å². The van der Waals surface area contributed by atoms with Gasteiger partial charge < -0.3 is 5.32 Å². The molecule has 4 rings (SSSR count). The number of nitrogens with zero attached hydrogens (tertiary/aromatic N) is 5. The fourth-order valence-electron chi connectivity index (χ4n) is 3.25. The van der Waals surface area contributed by atoms with Crippen LogP contribution in [-0.4, -0.2) is 45.6 Å². The first-order valence-corrected chi connectivity index (χ1v) is 10.5. The van der Waals surface area contributed by atoms with E-state index in [9.17, 15) is 8.42 Å². The van der Waals surface area contributed by atoms with Crippen molar-refractivity contribution in [2.24, 2.45) is 0 Å². The average Bonchev–Trinajstić information content (AvgIpc) is 3.08. The molecule has 3 aromatic rings. The van der Waals surface area contributed by atoms with Crippen LogP contribution in [0.5, 0.6) is 0 Å². The normalized spacial score (nSPS) is 15.9. The number of fused-ring (bicyclic) bond motifs is 1. The van der Waals surface area contributed by atoms with Crippen LogP contribution >= 0.6 is 0 Å². The van der Waals surface area contributed by atoms with Gasteiger partial charge in [0.15, 0.2) is 11.5 Å². The van der Waals surface area contributed by atoms with Gasteiger partial charge in [0.1, 0.15) is 5.82 Å². The summed E-state index contributed by atoms with van der Waals surface area (Å²) in [6, 6.07) is 10.8. The van der Waals surface area contributed by atoms with Crippen LogP contribution in [0.1, 0.15) is 30.7 Å². The highest BCUT2D eigenvalue weighted by Crippen LogP contribution is 2.21. The summed E-state index contributed by atoms with van der Waals surface area (Å²) in [6.07, 6.45) is 2.95. The monoisotopic (exact) mass is 386 g/mol. The van der Waals surface area contributed by atoms with Crippen molar-refractivity contribution >= 4 is 21.5 Å². The largest absolute Gasteiger partial charge is 0.365 e. The van der Waals surface area contributed by atoms with Crippen LogP contribution in [0.25, 0.3) is 5.65 Å². The molecule has 142 valence electrons. The molecule has 2 aromatic heterocycles. The van der Waals surface area contributed by atoms with Crippen molar-refractivity contribution in [2.45, 2.75) is 37.6 Å². The zero-order valence-corrected chi connectivity index (χ0v) is 16.0. The van der Waals surface area contributed by atoms with E-state index in [4.69, 9.17) is 0 Å². The lowest BCUT2D eigenvalue weighted by atomic mass is 10.2. The maximum absolute atomic E-state index is 12.8. The minimum atomic E-state index is -3.43. The number of sulfonamides is 1. The van der Waals surface area contributed by atoms with Crippen LogP contribution in [0.2, 0.25) is 0 Å². The Balaban J connectivity index is 1.51. The lowest BCUT2D eigenvalue weighted by molar-refractivity contribution is 0.346. The van der Waals surface area contributed by atoms with Crippen LogP contribution in [-0.2, 0) is 16.6 Å². The highest BCUT2D eigenvalue weighted by molar-refractivity contribution is 7.89. The smallest absolute Gasteiger partial charge is 0.243 e. The molecule has 0 aliphatic carbocycles. The predicted molar refractivity (Wildman–Crippen MR) is 102 cm³/mol. The molecular weight excluding hydrogens is 364 g/mol. The average molecular weight is 386 g/mol. The summed E-state index contributed by atoms with van der Waals surface area (Å²) in [7, 11) is -3.43. The molecule has 1 aliphatic heterocycles. The summed E-state index contributed by atoms with van der Waals surface area (Å²) in [6.45, 7) is 3.52. The Hall–Kier alpha value is -2.52. The zero-order valence-electron chi connectivity index (χ0n) is 15.2. The molecule has 1 aliphatic rings. The molecule has 1 fully saturated rings. The minimum Gasteiger partial charge on any atom is -0.365 e. The standard InChI is InChI=1S/C18H22N6O2S/c1-14-20-21-18-9-8-17(22-24(14)18)19-13-15-6-5-7-16(12-15)27(25,26)23-10-3-2-4-11-23/h5-9,12H,2-4,10-11,13H2,1H3,(H,19,22). The van der Waals surface area contributed by atoms with Crippen LogP contribution < -0.4 is 5.32 Å². The summed E-state index contributed by atoms with van der Waals surface area (Å²) in [5.74, 6) is 1.39. The first-order valence-electron chi connectivity index (χ1n) is 9.06. The Bertz CT molecular complexity index is 1060. The molecule has 8 nitrogen and oxygen atoms in total. The molecule has 0 bridgehead atoms. The van der Waals surface area contributed by atoms with Crippen molar-refractivity contribution in [1.29, 1.82) is 0 Å². The molecule has 0 atom stereocenters. The van der Waals surface area contributed by atoms with Crippen LogP contribution in [0.15, 0.2) is 41.3 Å². The van der Waals surface area contributed by atoms with Gasteiger partial charge in [0.25, 0.3) is 0 Å². The summed E-state index contributed by atoms with van der Waals surface area (Å²) in [5, 5.41) is 15.7. The van der Waals surface area contributed by atoms with E-state index >= 15 is 0 Å². The molecule has 0 amide bonds. The third-order valence-electron chi connectivity index (χ3n) is 4.74. The summed E-state index contributed by atoms with van der Waals surface area (Å²) in [5.41, 5.74) is 1.57. The number of piperidine rings is 1. The van der Waals surface area contributed by atoms with Gasteiger partial charge in [-0.15, -0.1) is 15.3 Å². The van der Waals surface area contributed by atoms with E-state index in [0.717, 1.165) is 24.8 Å². The number of aromatic nitrogens is 4. The maximum Gasteiger partial charge on any atom is 0.243 e. The highest BCUT2D eigenvalue weighted by atomic mass is 32.2. The molecule has 3 heterocycles. The van der Waals surface area contributed by atoms with Gasteiger partial charge in [-0.3, -0.25) is 0 Å². The van der Waals surface area contributed by atoms with Gasteiger partial charge in [0, 0.05) is 19.6 Å². The third kappa shape index (κ3) is 3.65. The molecule has 0 unspecified atom stereocenters. The van der Waals surface area contributed by atoms with Gasteiger partial charge in [-0.1, -0.05) is 18.6 Å². The van der Waals surface area contributed by atoms with E-state index in [2.05, 4.69) is 20.6 Å². The van der Waals surface area contributed by atoms with Gasteiger partial charge in [0.2, 0.25) is 10.0 Å². The summed E-state index contributed by atoms with van der Waals surface area (Å²) >= 11 is 0. The second-order valence-electron chi connectivity index (χ2n) is 6.70. The van der Waals surface area contributed by atoms with Gasteiger partial charge in [-0.2, -0.15) is 8.82 Å². The van der Waals surface area contributed by atoms with Crippen molar-refractivity contribution in [3.63, 3.8) is 0 Å². The van der Waals surface area contributed by atoms with E-state index in [-0.39, 0.29) is 0 Å².